The molecule has 5 amide bonds. The Labute approximate surface area is 249 Å². The number of aliphatic hydroxyl groups is 2. The number of amides is 5. The van der Waals surface area contributed by atoms with E-state index in [2.05, 4.69) is 26.6 Å². The van der Waals surface area contributed by atoms with Gasteiger partial charge in [-0.3, -0.25) is 24.0 Å². The molecule has 240 valence electrons. The Bertz CT molecular complexity index is 1090. The quantitative estimate of drug-likeness (QED) is 0.0679. The van der Waals surface area contributed by atoms with E-state index in [4.69, 9.17) is 11.5 Å². The number of carboxylic acid groups (broad SMARTS) is 1. The zero-order chi connectivity index (χ0) is 32.5. The molecule has 12 N–H and O–H groups in total. The van der Waals surface area contributed by atoms with Crippen LogP contribution in [0.1, 0.15) is 38.7 Å². The van der Waals surface area contributed by atoms with Crippen molar-refractivity contribution in [2.45, 2.75) is 75.9 Å². The van der Waals surface area contributed by atoms with E-state index in [0.717, 1.165) is 0 Å². The molecule has 0 radical (unpaired) electrons. The normalized spacial score (nSPS) is 15.0. The number of unbranched alkanes of at least 4 members (excludes halogenated alkanes) is 1. The van der Waals surface area contributed by atoms with Gasteiger partial charge >= 0.3 is 5.97 Å². The molecule has 6 atom stereocenters. The Morgan fingerprint density at radius 1 is 0.767 bits per heavy atom. The van der Waals surface area contributed by atoms with Crippen LogP contribution in [0.2, 0.25) is 0 Å². The van der Waals surface area contributed by atoms with Crippen molar-refractivity contribution >= 4 is 35.5 Å². The van der Waals surface area contributed by atoms with E-state index in [9.17, 15) is 44.1 Å². The van der Waals surface area contributed by atoms with Gasteiger partial charge in [0, 0.05) is 6.42 Å². The molecule has 0 spiro atoms. The number of carboxylic acids is 1. The second-order valence-electron chi connectivity index (χ2n) is 9.98. The van der Waals surface area contributed by atoms with E-state index >= 15 is 0 Å². The smallest absolute Gasteiger partial charge is 0.326 e. The van der Waals surface area contributed by atoms with Crippen LogP contribution in [-0.2, 0) is 35.2 Å². The number of hydrogen-bond acceptors (Lipinski definition) is 10. The highest BCUT2D eigenvalue weighted by molar-refractivity contribution is 5.94. The predicted octanol–water partition coefficient (Wildman–Crippen LogP) is -3.78. The van der Waals surface area contributed by atoms with Crippen LogP contribution in [0.15, 0.2) is 30.3 Å². The highest BCUT2D eigenvalue weighted by Crippen LogP contribution is 2.05. The van der Waals surface area contributed by atoms with Gasteiger partial charge in [-0.1, -0.05) is 30.3 Å². The molecule has 0 fully saturated rings. The molecular weight excluding hydrogens is 566 g/mol. The number of aliphatic hydroxyl groups excluding tert-OH is 2. The topological polar surface area (TPSA) is 275 Å². The number of aliphatic carboxylic acids is 1. The second kappa shape index (κ2) is 19.1. The van der Waals surface area contributed by atoms with Gasteiger partial charge in [0.1, 0.15) is 24.2 Å². The molecule has 0 unspecified atom stereocenters. The zero-order valence-corrected chi connectivity index (χ0v) is 24.2. The van der Waals surface area contributed by atoms with Crippen molar-refractivity contribution in [2.75, 3.05) is 19.6 Å². The van der Waals surface area contributed by atoms with Gasteiger partial charge in [0.2, 0.25) is 29.5 Å². The first-order chi connectivity index (χ1) is 20.3. The van der Waals surface area contributed by atoms with Gasteiger partial charge in [0.15, 0.2) is 0 Å². The Kier molecular flexibility index (Phi) is 16.4. The Morgan fingerprint density at radius 2 is 1.37 bits per heavy atom. The Morgan fingerprint density at radius 3 is 1.93 bits per heavy atom. The lowest BCUT2D eigenvalue weighted by molar-refractivity contribution is -0.143. The summed E-state index contributed by atoms with van der Waals surface area (Å²) in [5, 5.41) is 40.5. The molecular formula is C27H43N7O9. The molecule has 0 heterocycles. The molecule has 0 aromatic heterocycles. The number of nitrogens with one attached hydrogen (secondary N) is 5. The summed E-state index contributed by atoms with van der Waals surface area (Å²) in [5.74, 6) is -5.35. The van der Waals surface area contributed by atoms with Crippen LogP contribution in [-0.4, -0.2) is 107 Å². The lowest BCUT2D eigenvalue weighted by atomic mass is 10.0. The minimum atomic E-state index is -1.50. The van der Waals surface area contributed by atoms with Crippen molar-refractivity contribution < 1.29 is 44.1 Å². The number of carbonyl (C=O) groups excluding carboxylic acids is 5. The summed E-state index contributed by atoms with van der Waals surface area (Å²) >= 11 is 0. The standard InChI is InChI=1S/C27H43N7O9/c1-15(35)22(29)25(40)33-19(12-17-8-4-3-5-9-17)24(39)31-13-20(37)30-14-21(38)34-23(16(2)36)26(41)32-18(27(42)43)10-6-7-11-28/h3-5,8-9,15-16,18-19,22-23,35-36H,6-7,10-14,28-29H2,1-2H3,(H,30,37)(H,31,39)(H,32,41)(H,33,40)(H,34,38)(H,42,43)/t15-,16-,18+,19+,22+,23+/m1/s1. The molecule has 0 bridgehead atoms. The molecule has 1 aromatic rings. The molecule has 1 rings (SSSR count). The maximum atomic E-state index is 12.8. The fraction of sp³-hybridized carbons (Fsp3) is 0.556. The van der Waals surface area contributed by atoms with Gasteiger partial charge in [-0.05, 0) is 45.2 Å². The number of benzene rings is 1. The SMILES string of the molecule is C[C@@H](O)[C@H](N)C(=O)N[C@@H](Cc1ccccc1)C(=O)NCC(=O)NCC(=O)N[C@H](C(=O)N[C@@H](CCCCN)C(=O)O)[C@@H](C)O. The molecule has 0 aliphatic heterocycles. The van der Waals surface area contributed by atoms with Crippen LogP contribution in [0, 0.1) is 0 Å². The summed E-state index contributed by atoms with van der Waals surface area (Å²) in [6.07, 6.45) is -1.41. The van der Waals surface area contributed by atoms with Crippen LogP contribution in [0.5, 0.6) is 0 Å². The lowest BCUT2D eigenvalue weighted by Gasteiger charge is -2.23. The molecule has 0 saturated carbocycles. The third kappa shape index (κ3) is 14.1. The van der Waals surface area contributed by atoms with Crippen molar-refractivity contribution in [3.05, 3.63) is 35.9 Å². The van der Waals surface area contributed by atoms with Crippen LogP contribution < -0.4 is 38.1 Å². The number of carbonyl (C=O) groups is 6. The highest BCUT2D eigenvalue weighted by Gasteiger charge is 2.30. The summed E-state index contributed by atoms with van der Waals surface area (Å²) in [4.78, 5) is 73.9. The van der Waals surface area contributed by atoms with E-state index in [1.54, 1.807) is 30.3 Å². The van der Waals surface area contributed by atoms with Gasteiger partial charge in [-0.25, -0.2) is 4.79 Å². The third-order valence-electron chi connectivity index (χ3n) is 6.25. The van der Waals surface area contributed by atoms with Gasteiger partial charge in [-0.15, -0.1) is 0 Å². The summed E-state index contributed by atoms with van der Waals surface area (Å²) in [6, 6.07) is 3.55. The fourth-order valence-electron chi connectivity index (χ4n) is 3.72. The first-order valence-corrected chi connectivity index (χ1v) is 13.8. The molecule has 1 aromatic carbocycles. The lowest BCUT2D eigenvalue weighted by Crippen LogP contribution is -2.57. The van der Waals surface area contributed by atoms with E-state index < -0.39 is 85.0 Å². The molecule has 0 aliphatic rings. The molecule has 16 heteroatoms. The van der Waals surface area contributed by atoms with Gasteiger partial charge in [0.05, 0.1) is 25.3 Å². The fourth-order valence-corrected chi connectivity index (χ4v) is 3.72. The highest BCUT2D eigenvalue weighted by atomic mass is 16.4. The van der Waals surface area contributed by atoms with Crippen LogP contribution in [0.3, 0.4) is 0 Å². The maximum Gasteiger partial charge on any atom is 0.326 e. The van der Waals surface area contributed by atoms with E-state index in [0.29, 0.717) is 24.9 Å². The maximum absolute atomic E-state index is 12.8. The first-order valence-electron chi connectivity index (χ1n) is 13.8. The minimum absolute atomic E-state index is 0.0630. The average molecular weight is 610 g/mol. The number of rotatable bonds is 19. The summed E-state index contributed by atoms with van der Waals surface area (Å²) in [6.45, 7) is 1.70. The first kappa shape index (κ1) is 36.9. The van der Waals surface area contributed by atoms with Crippen LogP contribution in [0.25, 0.3) is 0 Å². The molecule has 43 heavy (non-hydrogen) atoms. The molecule has 0 saturated heterocycles. The largest absolute Gasteiger partial charge is 0.480 e. The second-order valence-corrected chi connectivity index (χ2v) is 9.98. The van der Waals surface area contributed by atoms with Crippen LogP contribution in [0.4, 0.5) is 0 Å². The van der Waals surface area contributed by atoms with Crippen LogP contribution >= 0.6 is 0 Å². The Balaban J connectivity index is 2.69. The van der Waals surface area contributed by atoms with Crippen molar-refractivity contribution in [3.8, 4) is 0 Å². The van der Waals surface area contributed by atoms with Crippen molar-refractivity contribution in [1.29, 1.82) is 0 Å². The van der Waals surface area contributed by atoms with Gasteiger partial charge in [0.25, 0.3) is 0 Å². The molecule has 16 nitrogen and oxygen atoms in total. The summed E-state index contributed by atoms with van der Waals surface area (Å²) in [5.41, 5.74) is 11.8. The van der Waals surface area contributed by atoms with Crippen molar-refractivity contribution in [2.24, 2.45) is 11.5 Å². The van der Waals surface area contributed by atoms with Crippen molar-refractivity contribution in [1.82, 2.24) is 26.6 Å². The monoisotopic (exact) mass is 609 g/mol. The van der Waals surface area contributed by atoms with E-state index in [1.165, 1.54) is 13.8 Å². The predicted molar refractivity (Wildman–Crippen MR) is 154 cm³/mol. The van der Waals surface area contributed by atoms with E-state index in [1.807, 2.05) is 0 Å². The molecule has 0 aliphatic carbocycles. The van der Waals surface area contributed by atoms with Gasteiger partial charge < -0.3 is 53.4 Å². The third-order valence-corrected chi connectivity index (χ3v) is 6.25. The number of hydrogen-bond donors (Lipinski definition) is 10. The Hall–Kier alpha value is -4.12. The summed E-state index contributed by atoms with van der Waals surface area (Å²) in [7, 11) is 0. The van der Waals surface area contributed by atoms with Crippen molar-refractivity contribution in [3.63, 3.8) is 0 Å². The summed E-state index contributed by atoms with van der Waals surface area (Å²) < 4.78 is 0. The zero-order valence-electron chi connectivity index (χ0n) is 24.2. The number of nitrogens with two attached hydrogens (primary N) is 2. The van der Waals surface area contributed by atoms with Gasteiger partial charge in [-0.2, -0.15) is 0 Å². The minimum Gasteiger partial charge on any atom is -0.480 e. The average Bonchev–Trinajstić information content (AvgIpc) is 2.96. The van der Waals surface area contributed by atoms with E-state index in [-0.39, 0.29) is 12.8 Å².